The summed E-state index contributed by atoms with van der Waals surface area (Å²) in [5.41, 5.74) is 1.25. The van der Waals surface area contributed by atoms with Crippen LogP contribution in [0.15, 0.2) is 18.2 Å². The molecule has 0 fully saturated rings. The average molecular weight is 183 g/mol. The molecule has 0 aromatic heterocycles. The molecule has 0 bridgehead atoms. The largest absolute Gasteiger partial charge is 0.492 e. The summed E-state index contributed by atoms with van der Waals surface area (Å²) in [5.74, 6) is 0.900. The van der Waals surface area contributed by atoms with Gasteiger partial charge in [0.1, 0.15) is 5.75 Å². The van der Waals surface area contributed by atoms with Crippen LogP contribution in [0.4, 0.5) is 0 Å². The fraction of sp³-hybridized carbons (Fsp3) is 0.400. The van der Waals surface area contributed by atoms with E-state index in [1.807, 2.05) is 12.1 Å². The van der Waals surface area contributed by atoms with Gasteiger partial charge >= 0.3 is 0 Å². The second kappa shape index (κ2) is 3.36. The summed E-state index contributed by atoms with van der Waals surface area (Å²) < 4.78 is 5.55. The number of hydrogen-bond acceptors (Lipinski definition) is 1. The lowest BCUT2D eigenvalue weighted by Crippen LogP contribution is -1.95. The van der Waals surface area contributed by atoms with Crippen LogP contribution in [0.2, 0.25) is 5.02 Å². The lowest BCUT2D eigenvalue weighted by molar-refractivity contribution is 0.317. The van der Waals surface area contributed by atoms with Crippen LogP contribution >= 0.6 is 11.6 Å². The minimum absolute atomic E-state index is 0.745. The number of rotatable bonds is 0. The Morgan fingerprint density at radius 1 is 1.25 bits per heavy atom. The zero-order chi connectivity index (χ0) is 8.39. The first-order valence-electron chi connectivity index (χ1n) is 4.28. The van der Waals surface area contributed by atoms with E-state index in [9.17, 15) is 0 Å². The molecule has 2 heteroatoms. The van der Waals surface area contributed by atoms with Gasteiger partial charge in [-0.2, -0.15) is 0 Å². The van der Waals surface area contributed by atoms with Crippen molar-refractivity contribution in [3.05, 3.63) is 28.8 Å². The highest BCUT2D eigenvalue weighted by molar-refractivity contribution is 6.32. The second-order valence-electron chi connectivity index (χ2n) is 3.03. The van der Waals surface area contributed by atoms with Crippen LogP contribution in [-0.2, 0) is 6.42 Å². The quantitative estimate of drug-likeness (QED) is 0.599. The van der Waals surface area contributed by atoms with Gasteiger partial charge in [0.25, 0.3) is 0 Å². The molecule has 0 N–H and O–H groups in total. The van der Waals surface area contributed by atoms with Crippen molar-refractivity contribution in [3.63, 3.8) is 0 Å². The fourth-order valence-corrected chi connectivity index (χ4v) is 1.75. The molecule has 64 valence electrons. The van der Waals surface area contributed by atoms with Crippen LogP contribution in [0.3, 0.4) is 0 Å². The minimum Gasteiger partial charge on any atom is -0.492 e. The molecule has 12 heavy (non-hydrogen) atoms. The Kier molecular flexibility index (Phi) is 2.22. The van der Waals surface area contributed by atoms with Gasteiger partial charge in [-0.25, -0.2) is 0 Å². The van der Waals surface area contributed by atoms with Gasteiger partial charge in [0, 0.05) is 0 Å². The molecule has 1 aromatic carbocycles. The summed E-state index contributed by atoms with van der Waals surface area (Å²) in [6.45, 7) is 0.802. The predicted molar refractivity (Wildman–Crippen MR) is 49.9 cm³/mol. The van der Waals surface area contributed by atoms with Crippen molar-refractivity contribution in [2.24, 2.45) is 0 Å². The van der Waals surface area contributed by atoms with E-state index in [0.717, 1.165) is 30.2 Å². The first-order chi connectivity index (χ1) is 5.88. The highest BCUT2D eigenvalue weighted by Gasteiger charge is 2.10. The maximum absolute atomic E-state index is 5.99. The smallest absolute Gasteiger partial charge is 0.141 e. The van der Waals surface area contributed by atoms with E-state index in [1.54, 1.807) is 0 Å². The molecular weight excluding hydrogens is 172 g/mol. The third-order valence-corrected chi connectivity index (χ3v) is 2.43. The Labute approximate surface area is 77.3 Å². The van der Waals surface area contributed by atoms with E-state index in [1.165, 1.54) is 12.0 Å². The van der Waals surface area contributed by atoms with Gasteiger partial charge in [0.05, 0.1) is 11.6 Å². The number of ether oxygens (including phenoxy) is 1. The number of hydrogen-bond donors (Lipinski definition) is 0. The molecule has 1 aliphatic heterocycles. The van der Waals surface area contributed by atoms with Crippen molar-refractivity contribution >= 4 is 11.6 Å². The third-order valence-electron chi connectivity index (χ3n) is 2.14. The fourth-order valence-electron chi connectivity index (χ4n) is 1.50. The van der Waals surface area contributed by atoms with E-state index in [4.69, 9.17) is 16.3 Å². The van der Waals surface area contributed by atoms with Gasteiger partial charge < -0.3 is 4.74 Å². The molecule has 0 saturated carbocycles. The van der Waals surface area contributed by atoms with Gasteiger partial charge in [-0.05, 0) is 30.9 Å². The van der Waals surface area contributed by atoms with E-state index >= 15 is 0 Å². The first-order valence-corrected chi connectivity index (χ1v) is 4.66. The molecule has 0 aliphatic carbocycles. The van der Waals surface area contributed by atoms with E-state index < -0.39 is 0 Å². The lowest BCUT2D eigenvalue weighted by Gasteiger charge is -2.07. The summed E-state index contributed by atoms with van der Waals surface area (Å²) in [7, 11) is 0. The van der Waals surface area contributed by atoms with Crippen LogP contribution < -0.4 is 4.74 Å². The maximum atomic E-state index is 5.99. The Hall–Kier alpha value is -0.690. The summed E-state index contributed by atoms with van der Waals surface area (Å²) in [4.78, 5) is 0. The lowest BCUT2D eigenvalue weighted by atomic mass is 10.1. The predicted octanol–water partition coefficient (Wildman–Crippen LogP) is 3.06. The standard InChI is InChI=1S/C10H11ClO/c11-9-6-3-5-8-4-1-2-7-12-10(8)9/h3,5-6H,1-2,4,7H2. The maximum Gasteiger partial charge on any atom is 0.141 e. The zero-order valence-corrected chi connectivity index (χ0v) is 7.60. The highest BCUT2D eigenvalue weighted by Crippen LogP contribution is 2.31. The number of halogens is 1. The summed E-state index contributed by atoms with van der Waals surface area (Å²) in [6, 6.07) is 5.95. The number of benzene rings is 1. The molecule has 0 radical (unpaired) electrons. The topological polar surface area (TPSA) is 9.23 Å². The average Bonchev–Trinajstić information content (AvgIpc) is 2.30. The molecule has 2 rings (SSSR count). The van der Waals surface area contributed by atoms with Gasteiger partial charge in [-0.1, -0.05) is 23.7 Å². The van der Waals surface area contributed by atoms with E-state index in [-0.39, 0.29) is 0 Å². The Morgan fingerprint density at radius 2 is 2.17 bits per heavy atom. The molecule has 0 amide bonds. The van der Waals surface area contributed by atoms with Crippen molar-refractivity contribution in [1.82, 2.24) is 0 Å². The van der Waals surface area contributed by atoms with E-state index in [2.05, 4.69) is 6.07 Å². The molecule has 1 nitrogen and oxygen atoms in total. The summed E-state index contributed by atoms with van der Waals surface area (Å²) in [5, 5.41) is 0.745. The molecule has 1 aliphatic rings. The minimum atomic E-state index is 0.745. The van der Waals surface area contributed by atoms with Crippen LogP contribution in [0.25, 0.3) is 0 Å². The Balaban J connectivity index is 2.42. The summed E-state index contributed by atoms with van der Waals surface area (Å²) >= 11 is 5.99. The van der Waals surface area contributed by atoms with Crippen molar-refractivity contribution in [2.75, 3.05) is 6.61 Å². The number of aryl methyl sites for hydroxylation is 1. The molecule has 0 atom stereocenters. The monoisotopic (exact) mass is 182 g/mol. The van der Waals surface area contributed by atoms with Gasteiger partial charge in [0.15, 0.2) is 0 Å². The van der Waals surface area contributed by atoms with E-state index in [0.29, 0.717) is 0 Å². The SMILES string of the molecule is Clc1cccc2c1OCCCC2. The van der Waals surface area contributed by atoms with Gasteiger partial charge in [-0.3, -0.25) is 0 Å². The molecule has 0 saturated heterocycles. The van der Waals surface area contributed by atoms with Gasteiger partial charge in [0.2, 0.25) is 0 Å². The molecular formula is C10H11ClO. The normalized spacial score (nSPS) is 16.1. The van der Waals surface area contributed by atoms with Crippen molar-refractivity contribution in [3.8, 4) is 5.75 Å². The third kappa shape index (κ3) is 1.42. The Bertz CT molecular complexity index is 283. The van der Waals surface area contributed by atoms with Crippen LogP contribution in [0, 0.1) is 0 Å². The number of para-hydroxylation sites is 1. The zero-order valence-electron chi connectivity index (χ0n) is 6.85. The number of fused-ring (bicyclic) bond motifs is 1. The molecule has 1 aromatic rings. The second-order valence-corrected chi connectivity index (χ2v) is 3.44. The van der Waals surface area contributed by atoms with Crippen molar-refractivity contribution in [2.45, 2.75) is 19.3 Å². The van der Waals surface area contributed by atoms with Crippen LogP contribution in [0.5, 0.6) is 5.75 Å². The first kappa shape index (κ1) is 7.93. The molecule has 0 spiro atoms. The van der Waals surface area contributed by atoms with Gasteiger partial charge in [-0.15, -0.1) is 0 Å². The van der Waals surface area contributed by atoms with Crippen LogP contribution in [-0.4, -0.2) is 6.61 Å². The summed E-state index contributed by atoms with van der Waals surface area (Å²) in [6.07, 6.45) is 3.42. The van der Waals surface area contributed by atoms with Crippen LogP contribution in [0.1, 0.15) is 18.4 Å². The van der Waals surface area contributed by atoms with Crippen molar-refractivity contribution < 1.29 is 4.74 Å². The highest BCUT2D eigenvalue weighted by atomic mass is 35.5. The van der Waals surface area contributed by atoms with Crippen molar-refractivity contribution in [1.29, 1.82) is 0 Å². The molecule has 0 unspecified atom stereocenters. The Morgan fingerprint density at radius 3 is 3.08 bits per heavy atom. The molecule has 1 heterocycles.